The molecule has 44 valence electrons. The van der Waals surface area contributed by atoms with Crippen LogP contribution in [-0.4, -0.2) is 27.1 Å². The summed E-state index contributed by atoms with van der Waals surface area (Å²) in [5.41, 5.74) is 0.799. The summed E-state index contributed by atoms with van der Waals surface area (Å²) < 4.78 is 0. The zero-order valence-electron chi connectivity index (χ0n) is 4.33. The number of nitrogens with zero attached hydrogens (tertiary/aromatic N) is 2. The molecule has 0 fully saturated rings. The van der Waals surface area contributed by atoms with Gasteiger partial charge in [-0.2, -0.15) is 0 Å². The highest BCUT2D eigenvalue weighted by Gasteiger charge is 1.90. The molecule has 0 aliphatic carbocycles. The second kappa shape index (κ2) is 2.42. The van der Waals surface area contributed by atoms with Crippen LogP contribution in [0, 0.1) is 0 Å². The highest BCUT2D eigenvalue weighted by Crippen LogP contribution is 1.86. The quantitative estimate of drug-likeness (QED) is 0.535. The number of aliphatic hydroxyl groups excluding tert-OH is 1. The number of aromatic amines is 1. The third-order valence-corrected chi connectivity index (χ3v) is 0.835. The molecule has 1 aromatic rings. The van der Waals surface area contributed by atoms with Crippen LogP contribution in [0.5, 0.6) is 0 Å². The first-order valence-corrected chi connectivity index (χ1v) is 2.39. The van der Waals surface area contributed by atoms with Crippen LogP contribution in [0.1, 0.15) is 5.69 Å². The number of aliphatic hydroxyl groups is 1. The summed E-state index contributed by atoms with van der Waals surface area (Å²) in [5.74, 6) is 0. The van der Waals surface area contributed by atoms with Crippen LogP contribution in [0.4, 0.5) is 0 Å². The Balaban J connectivity index is 2.50. The van der Waals surface area contributed by atoms with E-state index in [1.54, 1.807) is 6.20 Å². The fourth-order valence-corrected chi connectivity index (χ4v) is 0.462. The highest BCUT2D eigenvalue weighted by atomic mass is 16.3. The molecule has 0 spiro atoms. The van der Waals surface area contributed by atoms with E-state index in [4.69, 9.17) is 5.11 Å². The van der Waals surface area contributed by atoms with E-state index in [2.05, 4.69) is 15.4 Å². The Morgan fingerprint density at radius 1 is 1.75 bits per heavy atom. The predicted molar refractivity (Wildman–Crippen MR) is 27.2 cm³/mol. The van der Waals surface area contributed by atoms with Gasteiger partial charge in [0.2, 0.25) is 0 Å². The number of nitrogens with one attached hydrogen (secondary N) is 1. The molecule has 0 atom stereocenters. The van der Waals surface area contributed by atoms with Crippen LogP contribution in [0.25, 0.3) is 0 Å². The number of hydrogen-bond acceptors (Lipinski definition) is 3. The molecule has 4 nitrogen and oxygen atoms in total. The zero-order valence-corrected chi connectivity index (χ0v) is 4.33. The van der Waals surface area contributed by atoms with Crippen molar-refractivity contribution >= 4 is 0 Å². The summed E-state index contributed by atoms with van der Waals surface area (Å²) in [5, 5.41) is 18.0. The lowest BCUT2D eigenvalue weighted by atomic mass is 10.4. The monoisotopic (exact) mass is 113 g/mol. The van der Waals surface area contributed by atoms with E-state index in [1.807, 2.05) is 0 Å². The van der Waals surface area contributed by atoms with Crippen LogP contribution in [0.3, 0.4) is 0 Å². The van der Waals surface area contributed by atoms with Gasteiger partial charge in [-0.25, -0.2) is 0 Å². The molecule has 1 rings (SSSR count). The maximum Gasteiger partial charge on any atom is 0.0847 e. The average molecular weight is 113 g/mol. The number of hydrogen-bond donors (Lipinski definition) is 2. The molecule has 0 unspecified atom stereocenters. The van der Waals surface area contributed by atoms with E-state index >= 15 is 0 Å². The Morgan fingerprint density at radius 3 is 3.12 bits per heavy atom. The van der Waals surface area contributed by atoms with Gasteiger partial charge in [-0.1, -0.05) is 5.21 Å². The molecule has 4 heteroatoms. The molecule has 0 radical (unpaired) electrons. The minimum atomic E-state index is 0.131. The summed E-state index contributed by atoms with van der Waals surface area (Å²) >= 11 is 0. The van der Waals surface area contributed by atoms with Crippen molar-refractivity contribution in [2.45, 2.75) is 6.42 Å². The molecule has 0 bridgehead atoms. The number of aromatic nitrogens is 3. The van der Waals surface area contributed by atoms with Crippen LogP contribution < -0.4 is 0 Å². The van der Waals surface area contributed by atoms with E-state index < -0.39 is 0 Å². The summed E-state index contributed by atoms with van der Waals surface area (Å²) in [6.45, 7) is 0.131. The van der Waals surface area contributed by atoms with E-state index in [0.29, 0.717) is 6.42 Å². The van der Waals surface area contributed by atoms with E-state index in [9.17, 15) is 0 Å². The largest absolute Gasteiger partial charge is 0.396 e. The van der Waals surface area contributed by atoms with Gasteiger partial charge in [-0.15, -0.1) is 5.10 Å². The minimum absolute atomic E-state index is 0.131. The van der Waals surface area contributed by atoms with Gasteiger partial charge in [-0.05, 0) is 0 Å². The molecule has 0 aliphatic heterocycles. The third-order valence-electron chi connectivity index (χ3n) is 0.835. The molecular formula is C4H7N3O. The molecule has 1 heterocycles. The molecule has 0 aliphatic rings. The van der Waals surface area contributed by atoms with Crippen LogP contribution >= 0.6 is 0 Å². The lowest BCUT2D eigenvalue weighted by Gasteiger charge is -1.82. The van der Waals surface area contributed by atoms with Crippen molar-refractivity contribution in [1.29, 1.82) is 0 Å². The Hall–Kier alpha value is -0.900. The molecular weight excluding hydrogens is 106 g/mol. The maximum absolute atomic E-state index is 8.36. The second-order valence-corrected chi connectivity index (χ2v) is 1.44. The number of H-pyrrole nitrogens is 1. The summed E-state index contributed by atoms with van der Waals surface area (Å²) in [4.78, 5) is 0. The highest BCUT2D eigenvalue weighted by molar-refractivity contribution is 4.89. The van der Waals surface area contributed by atoms with Gasteiger partial charge in [0.1, 0.15) is 0 Å². The van der Waals surface area contributed by atoms with Gasteiger partial charge in [0.15, 0.2) is 0 Å². The SMILES string of the molecule is OCCc1c[nH]nn1. The van der Waals surface area contributed by atoms with Gasteiger partial charge in [-0.3, -0.25) is 5.10 Å². The fourth-order valence-electron chi connectivity index (χ4n) is 0.462. The van der Waals surface area contributed by atoms with Crippen LogP contribution in [-0.2, 0) is 6.42 Å². The van der Waals surface area contributed by atoms with Gasteiger partial charge >= 0.3 is 0 Å². The van der Waals surface area contributed by atoms with Gasteiger partial charge in [0.25, 0.3) is 0 Å². The first-order chi connectivity index (χ1) is 3.93. The summed E-state index contributed by atoms with van der Waals surface area (Å²) in [6.07, 6.45) is 2.24. The second-order valence-electron chi connectivity index (χ2n) is 1.44. The number of rotatable bonds is 2. The van der Waals surface area contributed by atoms with Gasteiger partial charge in [0.05, 0.1) is 5.69 Å². The van der Waals surface area contributed by atoms with Crippen molar-refractivity contribution in [2.75, 3.05) is 6.61 Å². The van der Waals surface area contributed by atoms with Gasteiger partial charge < -0.3 is 5.11 Å². The Kier molecular flexibility index (Phi) is 1.58. The standard InChI is InChI=1S/C4H7N3O/c8-2-1-4-3-5-7-6-4/h3,8H,1-2H2,(H,5,6,7). The Morgan fingerprint density at radius 2 is 2.62 bits per heavy atom. The lowest BCUT2D eigenvalue weighted by Crippen LogP contribution is -1.89. The molecule has 1 aromatic heterocycles. The minimum Gasteiger partial charge on any atom is -0.396 e. The fraction of sp³-hybridized carbons (Fsp3) is 0.500. The average Bonchev–Trinajstić information content (AvgIpc) is 2.19. The van der Waals surface area contributed by atoms with Crippen molar-refractivity contribution in [2.24, 2.45) is 0 Å². The van der Waals surface area contributed by atoms with Crippen LogP contribution in [0.15, 0.2) is 6.20 Å². The Labute approximate surface area is 46.5 Å². The summed E-state index contributed by atoms with van der Waals surface area (Å²) in [6, 6.07) is 0. The van der Waals surface area contributed by atoms with Crippen molar-refractivity contribution in [3.05, 3.63) is 11.9 Å². The lowest BCUT2D eigenvalue weighted by molar-refractivity contribution is 0.298. The van der Waals surface area contributed by atoms with E-state index in [-0.39, 0.29) is 6.61 Å². The van der Waals surface area contributed by atoms with Crippen molar-refractivity contribution < 1.29 is 5.11 Å². The Bertz CT molecular complexity index is 137. The molecule has 0 saturated heterocycles. The van der Waals surface area contributed by atoms with Crippen molar-refractivity contribution in [3.8, 4) is 0 Å². The van der Waals surface area contributed by atoms with Crippen LogP contribution in [0.2, 0.25) is 0 Å². The molecule has 0 saturated carbocycles. The van der Waals surface area contributed by atoms with E-state index in [0.717, 1.165) is 5.69 Å². The first kappa shape index (κ1) is 5.24. The smallest absolute Gasteiger partial charge is 0.0847 e. The van der Waals surface area contributed by atoms with E-state index in [1.165, 1.54) is 0 Å². The van der Waals surface area contributed by atoms with Gasteiger partial charge in [0, 0.05) is 19.2 Å². The topological polar surface area (TPSA) is 61.8 Å². The maximum atomic E-state index is 8.36. The summed E-state index contributed by atoms with van der Waals surface area (Å²) in [7, 11) is 0. The molecule has 2 N–H and O–H groups in total. The van der Waals surface area contributed by atoms with Crippen molar-refractivity contribution in [3.63, 3.8) is 0 Å². The molecule has 0 amide bonds. The molecule has 0 aromatic carbocycles. The zero-order chi connectivity index (χ0) is 5.82. The molecule has 8 heavy (non-hydrogen) atoms. The first-order valence-electron chi connectivity index (χ1n) is 2.39. The predicted octanol–water partition coefficient (Wildman–Crippen LogP) is -0.661. The van der Waals surface area contributed by atoms with Crippen molar-refractivity contribution in [1.82, 2.24) is 15.4 Å². The normalized spacial score (nSPS) is 9.62. The third kappa shape index (κ3) is 1.04.